The fraction of sp³-hybridized carbons (Fsp3) is 0.0274. The lowest BCUT2D eigenvalue weighted by Gasteiger charge is -2.22. The third kappa shape index (κ3) is 9.27. The van der Waals surface area contributed by atoms with Gasteiger partial charge in [0.2, 0.25) is 0 Å². The Labute approximate surface area is 487 Å². The Morgan fingerprint density at radius 1 is 0.267 bits per heavy atom. The van der Waals surface area contributed by atoms with E-state index in [1.54, 1.807) is 66.7 Å². The van der Waals surface area contributed by atoms with Crippen LogP contribution in [0, 0.1) is 56.7 Å². The molecule has 0 spiro atoms. The standard InChI is InChI=1S/C73H37F6N7/c74-72(75,76)63-2-1-3-64(73(77,78)79)71(63)56-21-26-57(70(37-56)86-68-30-24-54(50-17-8-45(40-82)9-18-50)35-61(68)62-36-55(25-31-69(62)86)51-19-10-46(41-83)11-20-51)58-32-47(42-84)12-27-65(58)85-66-28-22-52(48-13-4-43(38-80)5-14-48)33-59(66)60-34-53(23-29-67(60)85)49-15-6-44(39-81)7-16-49/h1-37H. The van der Waals surface area contributed by atoms with E-state index in [9.17, 15) is 26.3 Å². The van der Waals surface area contributed by atoms with Crippen LogP contribution in [0.2, 0.25) is 0 Å². The third-order valence-corrected chi connectivity index (χ3v) is 15.8. The van der Waals surface area contributed by atoms with Gasteiger partial charge in [-0.1, -0.05) is 91.0 Å². The van der Waals surface area contributed by atoms with Crippen molar-refractivity contribution in [2.75, 3.05) is 0 Å². The highest BCUT2D eigenvalue weighted by atomic mass is 19.4. The summed E-state index contributed by atoms with van der Waals surface area (Å²) in [5, 5.41) is 52.2. The van der Waals surface area contributed by atoms with E-state index in [0.29, 0.717) is 73.0 Å². The lowest BCUT2D eigenvalue weighted by molar-refractivity contribution is -0.142. The highest BCUT2D eigenvalue weighted by molar-refractivity contribution is 6.14. The summed E-state index contributed by atoms with van der Waals surface area (Å²) in [6.45, 7) is 0. The van der Waals surface area contributed by atoms with Gasteiger partial charge in [-0.05, 0) is 184 Å². The van der Waals surface area contributed by atoms with E-state index in [1.165, 1.54) is 18.2 Å². The Kier molecular flexibility index (Phi) is 12.9. The molecule has 0 aliphatic heterocycles. The number of hydrogen-bond acceptors (Lipinski definition) is 5. The highest BCUT2D eigenvalue weighted by Gasteiger charge is 2.41. The average molecular weight is 1130 g/mol. The number of benzene rings is 11. The smallest absolute Gasteiger partial charge is 0.309 e. The minimum absolute atomic E-state index is 0.188. The molecule has 86 heavy (non-hydrogen) atoms. The highest BCUT2D eigenvalue weighted by Crippen LogP contribution is 2.49. The zero-order chi connectivity index (χ0) is 59.6. The van der Waals surface area contributed by atoms with Gasteiger partial charge < -0.3 is 9.13 Å². The molecule has 7 nitrogen and oxygen atoms in total. The number of hydrogen-bond donors (Lipinski definition) is 0. The maximum absolute atomic E-state index is 15.3. The maximum Gasteiger partial charge on any atom is 0.417 e. The zero-order valence-corrected chi connectivity index (χ0v) is 44.8. The lowest BCUT2D eigenvalue weighted by Crippen LogP contribution is -2.14. The van der Waals surface area contributed by atoms with E-state index in [-0.39, 0.29) is 16.8 Å². The Morgan fingerprint density at radius 3 is 0.895 bits per heavy atom. The van der Waals surface area contributed by atoms with Crippen molar-refractivity contribution < 1.29 is 26.3 Å². The van der Waals surface area contributed by atoms with Crippen molar-refractivity contribution in [3.63, 3.8) is 0 Å². The number of halogens is 6. The Hall–Kier alpha value is -12.0. The van der Waals surface area contributed by atoms with Gasteiger partial charge in [-0.3, -0.25) is 0 Å². The molecule has 0 aliphatic rings. The monoisotopic (exact) mass is 1130 g/mol. The van der Waals surface area contributed by atoms with Crippen LogP contribution >= 0.6 is 0 Å². The second-order valence-corrected chi connectivity index (χ2v) is 20.7. The molecule has 0 bridgehead atoms. The Morgan fingerprint density at radius 2 is 0.570 bits per heavy atom. The molecule has 0 saturated heterocycles. The van der Waals surface area contributed by atoms with Crippen LogP contribution in [-0.4, -0.2) is 9.13 Å². The summed E-state index contributed by atoms with van der Waals surface area (Å²) in [5.74, 6) is 0. The molecule has 0 saturated carbocycles. The molecule has 0 unspecified atom stereocenters. The molecule has 0 atom stereocenters. The van der Waals surface area contributed by atoms with Crippen LogP contribution in [0.4, 0.5) is 26.3 Å². The van der Waals surface area contributed by atoms with E-state index in [1.807, 2.05) is 130 Å². The molecule has 0 aliphatic carbocycles. The molecule has 0 amide bonds. The van der Waals surface area contributed by atoms with Crippen LogP contribution in [0.15, 0.2) is 224 Å². The second-order valence-electron chi connectivity index (χ2n) is 20.7. The van der Waals surface area contributed by atoms with Crippen molar-refractivity contribution in [2.24, 2.45) is 0 Å². The Bertz CT molecular complexity index is 4910. The molecule has 13 rings (SSSR count). The van der Waals surface area contributed by atoms with E-state index >= 15 is 26.3 Å². The van der Waals surface area contributed by atoms with Gasteiger partial charge >= 0.3 is 12.4 Å². The molecular formula is C73H37F6N7. The summed E-state index contributed by atoms with van der Waals surface area (Å²) in [6, 6.07) is 74.0. The number of nitriles is 5. The summed E-state index contributed by atoms with van der Waals surface area (Å²) in [7, 11) is 0. The fourth-order valence-electron chi connectivity index (χ4n) is 11.7. The topological polar surface area (TPSA) is 129 Å². The van der Waals surface area contributed by atoms with Crippen LogP contribution in [-0.2, 0) is 12.4 Å². The molecule has 2 heterocycles. The largest absolute Gasteiger partial charge is 0.417 e. The molecule has 406 valence electrons. The van der Waals surface area contributed by atoms with Crippen LogP contribution in [0.25, 0.3) is 122 Å². The van der Waals surface area contributed by atoms with Crippen molar-refractivity contribution in [3.05, 3.63) is 263 Å². The lowest BCUT2D eigenvalue weighted by atomic mass is 9.90. The van der Waals surface area contributed by atoms with Crippen molar-refractivity contribution in [1.29, 1.82) is 26.3 Å². The van der Waals surface area contributed by atoms with Crippen LogP contribution in [0.3, 0.4) is 0 Å². The summed E-state index contributed by atoms with van der Waals surface area (Å²) < 4.78 is 95.5. The van der Waals surface area contributed by atoms with Crippen molar-refractivity contribution in [1.82, 2.24) is 9.13 Å². The zero-order valence-electron chi connectivity index (χ0n) is 44.8. The number of nitrogens with zero attached hydrogens (tertiary/aromatic N) is 7. The first kappa shape index (κ1) is 53.4. The van der Waals surface area contributed by atoms with Crippen LogP contribution < -0.4 is 0 Å². The van der Waals surface area contributed by atoms with E-state index < -0.39 is 29.0 Å². The van der Waals surface area contributed by atoms with Gasteiger partial charge in [-0.25, -0.2) is 0 Å². The van der Waals surface area contributed by atoms with Crippen molar-refractivity contribution in [2.45, 2.75) is 12.4 Å². The second kappa shape index (κ2) is 20.8. The summed E-state index contributed by atoms with van der Waals surface area (Å²) >= 11 is 0. The van der Waals surface area contributed by atoms with Gasteiger partial charge in [-0.2, -0.15) is 52.7 Å². The molecule has 0 radical (unpaired) electrons. The number of rotatable bonds is 8. The first-order chi connectivity index (χ1) is 41.6. The fourth-order valence-corrected chi connectivity index (χ4v) is 11.7. The van der Waals surface area contributed by atoms with Crippen molar-refractivity contribution in [3.8, 4) is 108 Å². The van der Waals surface area contributed by atoms with E-state index in [2.05, 4.69) is 30.3 Å². The quantitative estimate of drug-likeness (QED) is 0.140. The normalized spacial score (nSPS) is 11.5. The minimum Gasteiger partial charge on any atom is -0.309 e. The average Bonchev–Trinajstić information content (AvgIpc) is 1.82. The maximum atomic E-state index is 15.3. The number of aromatic nitrogens is 2. The predicted molar refractivity (Wildman–Crippen MR) is 321 cm³/mol. The molecule has 13 heteroatoms. The van der Waals surface area contributed by atoms with Gasteiger partial charge in [0.15, 0.2) is 0 Å². The van der Waals surface area contributed by atoms with Gasteiger partial charge in [0.05, 0.1) is 103 Å². The molecular weight excluding hydrogens is 1090 g/mol. The van der Waals surface area contributed by atoms with E-state index in [4.69, 9.17) is 0 Å². The number of alkyl halides is 6. The summed E-state index contributed by atoms with van der Waals surface area (Å²) in [4.78, 5) is 0. The summed E-state index contributed by atoms with van der Waals surface area (Å²) in [5.41, 5.74) is 8.14. The van der Waals surface area contributed by atoms with Gasteiger partial charge in [0, 0.05) is 38.2 Å². The van der Waals surface area contributed by atoms with Crippen LogP contribution in [0.5, 0.6) is 0 Å². The predicted octanol–water partition coefficient (Wildman–Crippen LogP) is 19.3. The SMILES string of the molecule is N#Cc1ccc(-c2ccc3c(c2)c2cc(-c4ccc(C#N)cc4)ccc2n3-c2ccc(C#N)cc2-c2ccc(-c3c(C(F)(F)F)cccc3C(F)(F)F)cc2-n2c3ccc(-c4ccc(C#N)cc4)cc3c3cc(-c4ccc(C#N)cc4)ccc32)cc1. The number of fused-ring (bicyclic) bond motifs is 6. The van der Waals surface area contributed by atoms with Crippen LogP contribution in [0.1, 0.15) is 38.9 Å². The Balaban J connectivity index is 1.13. The first-order valence-electron chi connectivity index (χ1n) is 26.8. The van der Waals surface area contributed by atoms with Crippen molar-refractivity contribution >= 4 is 43.6 Å². The molecule has 13 aromatic rings. The molecule has 0 N–H and O–H groups in total. The van der Waals surface area contributed by atoms with Gasteiger partial charge in [-0.15, -0.1) is 0 Å². The minimum atomic E-state index is -5.21. The van der Waals surface area contributed by atoms with Gasteiger partial charge in [0.25, 0.3) is 0 Å². The molecule has 11 aromatic carbocycles. The third-order valence-electron chi connectivity index (χ3n) is 15.8. The first-order valence-corrected chi connectivity index (χ1v) is 26.8. The van der Waals surface area contributed by atoms with E-state index in [0.717, 1.165) is 72.4 Å². The molecule has 2 aromatic heterocycles. The summed E-state index contributed by atoms with van der Waals surface area (Å²) in [6.07, 6.45) is -10.4. The molecule has 0 fully saturated rings. The van der Waals surface area contributed by atoms with Gasteiger partial charge in [0.1, 0.15) is 0 Å².